The molecule has 0 fully saturated rings. The van der Waals surface area contributed by atoms with Crippen molar-refractivity contribution in [3.63, 3.8) is 0 Å². The van der Waals surface area contributed by atoms with Gasteiger partial charge in [-0.2, -0.15) is 0 Å². The van der Waals surface area contributed by atoms with Crippen molar-refractivity contribution in [1.29, 1.82) is 0 Å². The molecule has 0 N–H and O–H groups in total. The molecule has 0 aliphatic carbocycles. The Balaban J connectivity index is 1.22. The predicted molar refractivity (Wildman–Crippen MR) is 200 cm³/mol. The molecule has 9 rings (SSSR count). The standard InChI is InChI=1S/C44H30N2S/c1-5-14-32(15-6-1)45(33-16-7-2-8-17-33)36-25-24-31-28-41-38-27-26-37(46(34-18-9-3-10-19-34)35-20-11-4-12-21-35)30-43(38)47-42-23-13-22-39(44(41)42)40(31)29-36/h1-30H/i28D. The summed E-state index contributed by atoms with van der Waals surface area (Å²) in [5.74, 6) is 0. The van der Waals surface area contributed by atoms with Gasteiger partial charge in [-0.25, -0.2) is 0 Å². The molecule has 3 heteroatoms. The third kappa shape index (κ3) is 4.84. The Morgan fingerprint density at radius 2 is 0.894 bits per heavy atom. The second-order valence-electron chi connectivity index (χ2n) is 11.7. The summed E-state index contributed by atoms with van der Waals surface area (Å²) in [5, 5.41) is 4.38. The second-order valence-corrected chi connectivity index (χ2v) is 12.8. The highest BCUT2D eigenvalue weighted by Crippen LogP contribution is 2.52. The Hall–Kier alpha value is -5.77. The van der Waals surface area contributed by atoms with E-state index in [4.69, 9.17) is 0 Å². The molecule has 0 saturated carbocycles. The Kier molecular flexibility index (Phi) is 6.50. The van der Waals surface area contributed by atoms with Crippen LogP contribution in [0.2, 0.25) is 0 Å². The fourth-order valence-corrected chi connectivity index (χ4v) is 7.92. The highest BCUT2D eigenvalue weighted by atomic mass is 32.2. The van der Waals surface area contributed by atoms with E-state index < -0.39 is 0 Å². The number of hydrogen-bond donors (Lipinski definition) is 0. The van der Waals surface area contributed by atoms with Gasteiger partial charge in [0.25, 0.3) is 0 Å². The van der Waals surface area contributed by atoms with Gasteiger partial charge in [0.2, 0.25) is 0 Å². The van der Waals surface area contributed by atoms with E-state index in [0.29, 0.717) is 6.04 Å². The molecular formula is C44H30N2S. The lowest BCUT2D eigenvalue weighted by atomic mass is 9.92. The van der Waals surface area contributed by atoms with Crippen LogP contribution in [0, 0.1) is 0 Å². The lowest BCUT2D eigenvalue weighted by Gasteiger charge is -2.28. The molecule has 222 valence electrons. The molecule has 0 saturated heterocycles. The first-order valence-electron chi connectivity index (χ1n) is 16.4. The summed E-state index contributed by atoms with van der Waals surface area (Å²) in [7, 11) is 0. The quantitative estimate of drug-likeness (QED) is 0.171. The maximum absolute atomic E-state index is 9.66. The van der Waals surface area contributed by atoms with Gasteiger partial charge in [-0.3, -0.25) is 0 Å². The van der Waals surface area contributed by atoms with Gasteiger partial charge in [-0.15, -0.1) is 0 Å². The van der Waals surface area contributed by atoms with Crippen molar-refractivity contribution in [3.05, 3.63) is 182 Å². The zero-order valence-electron chi connectivity index (χ0n) is 26.5. The number of benzene rings is 8. The van der Waals surface area contributed by atoms with Crippen molar-refractivity contribution in [3.8, 4) is 11.1 Å². The van der Waals surface area contributed by atoms with Gasteiger partial charge in [0.05, 0.1) is 1.37 Å². The Bertz CT molecular complexity index is 2350. The third-order valence-corrected chi connectivity index (χ3v) is 9.98. The molecule has 0 amide bonds. The average molecular weight is 620 g/mol. The molecule has 0 aromatic heterocycles. The van der Waals surface area contributed by atoms with Crippen molar-refractivity contribution >= 4 is 67.4 Å². The van der Waals surface area contributed by atoms with Crippen LogP contribution in [-0.2, 0) is 0 Å². The van der Waals surface area contributed by atoms with Gasteiger partial charge in [0, 0.05) is 49.3 Å². The Morgan fingerprint density at radius 3 is 1.45 bits per heavy atom. The fraction of sp³-hybridized carbons (Fsp3) is 0. The highest BCUT2D eigenvalue weighted by molar-refractivity contribution is 7.99. The number of fused-ring (bicyclic) bond motifs is 4. The van der Waals surface area contributed by atoms with Crippen LogP contribution >= 0.6 is 11.8 Å². The van der Waals surface area contributed by atoms with E-state index in [1.54, 1.807) is 11.8 Å². The van der Waals surface area contributed by atoms with Gasteiger partial charge in [-0.05, 0) is 112 Å². The summed E-state index contributed by atoms with van der Waals surface area (Å²) in [5.41, 5.74) is 8.68. The smallest absolute Gasteiger partial charge is 0.0636 e. The average Bonchev–Trinajstić information content (AvgIpc) is 3.15. The first-order chi connectivity index (χ1) is 23.7. The van der Waals surface area contributed by atoms with E-state index in [2.05, 4.69) is 174 Å². The number of rotatable bonds is 6. The van der Waals surface area contributed by atoms with Gasteiger partial charge in [-0.1, -0.05) is 109 Å². The monoisotopic (exact) mass is 619 g/mol. The zero-order valence-corrected chi connectivity index (χ0v) is 26.4. The van der Waals surface area contributed by atoms with Crippen LogP contribution in [0.25, 0.3) is 32.7 Å². The molecule has 0 unspecified atom stereocenters. The topological polar surface area (TPSA) is 6.48 Å². The highest BCUT2D eigenvalue weighted by Gasteiger charge is 2.23. The van der Waals surface area contributed by atoms with Crippen molar-refractivity contribution in [2.75, 3.05) is 9.80 Å². The van der Waals surface area contributed by atoms with Gasteiger partial charge >= 0.3 is 0 Å². The van der Waals surface area contributed by atoms with E-state index in [1.165, 1.54) is 10.3 Å². The van der Waals surface area contributed by atoms with E-state index in [1.807, 2.05) is 12.1 Å². The lowest BCUT2D eigenvalue weighted by molar-refractivity contribution is 1.26. The second kappa shape index (κ2) is 11.5. The molecule has 2 nitrogen and oxygen atoms in total. The molecule has 8 aromatic carbocycles. The molecule has 0 bridgehead atoms. The zero-order chi connectivity index (χ0) is 32.0. The minimum atomic E-state index is 0.569. The molecule has 0 spiro atoms. The molecule has 47 heavy (non-hydrogen) atoms. The van der Waals surface area contributed by atoms with Crippen LogP contribution in [0.3, 0.4) is 0 Å². The maximum atomic E-state index is 9.66. The first kappa shape index (κ1) is 26.4. The number of anilines is 6. The fourth-order valence-electron chi connectivity index (χ4n) is 6.76. The van der Waals surface area contributed by atoms with Crippen LogP contribution in [0.1, 0.15) is 1.37 Å². The summed E-state index contributed by atoms with van der Waals surface area (Å²) < 4.78 is 9.66. The van der Waals surface area contributed by atoms with Crippen LogP contribution in [-0.4, -0.2) is 0 Å². The van der Waals surface area contributed by atoms with E-state index in [-0.39, 0.29) is 0 Å². The molecule has 1 heterocycles. The molecule has 8 aromatic rings. The van der Waals surface area contributed by atoms with Crippen LogP contribution < -0.4 is 9.80 Å². The van der Waals surface area contributed by atoms with Crippen LogP contribution in [0.5, 0.6) is 0 Å². The molecular weight excluding hydrogens is 589 g/mol. The van der Waals surface area contributed by atoms with Gasteiger partial charge < -0.3 is 9.80 Å². The third-order valence-electron chi connectivity index (χ3n) is 8.86. The van der Waals surface area contributed by atoms with E-state index in [0.717, 1.165) is 66.3 Å². The molecule has 0 radical (unpaired) electrons. The normalized spacial score (nSPS) is 12.0. The van der Waals surface area contributed by atoms with Crippen molar-refractivity contribution < 1.29 is 1.37 Å². The summed E-state index contributed by atoms with van der Waals surface area (Å²) in [6.45, 7) is 0. The molecule has 1 aliphatic rings. The number of nitrogens with zero attached hydrogens (tertiary/aromatic N) is 2. The summed E-state index contributed by atoms with van der Waals surface area (Å²) >= 11 is 1.80. The maximum Gasteiger partial charge on any atom is 0.0636 e. The summed E-state index contributed by atoms with van der Waals surface area (Å²) in [6.07, 6.45) is 0. The summed E-state index contributed by atoms with van der Waals surface area (Å²) in [6, 6.07) is 62.4. The van der Waals surface area contributed by atoms with Crippen molar-refractivity contribution in [2.45, 2.75) is 9.79 Å². The van der Waals surface area contributed by atoms with E-state index >= 15 is 0 Å². The van der Waals surface area contributed by atoms with Gasteiger partial charge in [0.15, 0.2) is 0 Å². The summed E-state index contributed by atoms with van der Waals surface area (Å²) in [4.78, 5) is 6.93. The van der Waals surface area contributed by atoms with Crippen LogP contribution in [0.15, 0.2) is 192 Å². The molecule has 1 aliphatic heterocycles. The largest absolute Gasteiger partial charge is 0.310 e. The van der Waals surface area contributed by atoms with E-state index in [9.17, 15) is 1.37 Å². The van der Waals surface area contributed by atoms with Crippen LogP contribution in [0.4, 0.5) is 34.1 Å². The minimum absolute atomic E-state index is 0.569. The van der Waals surface area contributed by atoms with Crippen molar-refractivity contribution in [2.24, 2.45) is 0 Å². The predicted octanol–water partition coefficient (Wildman–Crippen LogP) is 13.1. The minimum Gasteiger partial charge on any atom is -0.310 e. The number of para-hydroxylation sites is 4. The lowest BCUT2D eigenvalue weighted by Crippen LogP contribution is -2.10. The Labute approximate surface area is 280 Å². The molecule has 0 atom stereocenters. The number of hydrogen-bond acceptors (Lipinski definition) is 3. The Morgan fingerprint density at radius 1 is 0.383 bits per heavy atom. The first-order valence-corrected chi connectivity index (χ1v) is 16.7. The van der Waals surface area contributed by atoms with Crippen molar-refractivity contribution in [1.82, 2.24) is 0 Å². The van der Waals surface area contributed by atoms with Gasteiger partial charge in [0.1, 0.15) is 0 Å². The SMILES string of the molecule is [2H]c1c2c3c(cccc3c3cc(N(c4ccccc4)c4ccccc4)ccc13)Sc1cc(N(c3ccccc3)c3ccccc3)ccc1-2.